The van der Waals surface area contributed by atoms with E-state index in [1.807, 2.05) is 0 Å². The molecule has 0 rings (SSSR count). The SMILES string of the molecule is [Br-].[Br-].[Br-].[Br-].[Br-].[Br-].[La+3].[Tb+3]. The van der Waals surface area contributed by atoms with Gasteiger partial charge in [-0.05, 0) is 0 Å². The van der Waals surface area contributed by atoms with Gasteiger partial charge >= 0.3 is 74.2 Å². The Hall–Kier alpha value is 5.36. The second kappa shape index (κ2) is 55.5. The van der Waals surface area contributed by atoms with Crippen molar-refractivity contribution in [3.8, 4) is 0 Å². The molecule has 0 aliphatic heterocycles. The first-order chi connectivity index (χ1) is 0. The molecule has 0 unspecified atom stereocenters. The number of halogens is 6. The molecule has 0 atom stereocenters. The fourth-order valence-corrected chi connectivity index (χ4v) is 0. The summed E-state index contributed by atoms with van der Waals surface area (Å²) in [5, 5.41) is 0. The van der Waals surface area contributed by atoms with E-state index in [4.69, 9.17) is 0 Å². The summed E-state index contributed by atoms with van der Waals surface area (Å²) in [5.74, 6) is 0. The van der Waals surface area contributed by atoms with E-state index in [0.717, 1.165) is 0 Å². The van der Waals surface area contributed by atoms with Crippen LogP contribution in [0.3, 0.4) is 0 Å². The van der Waals surface area contributed by atoms with Gasteiger partial charge in [0.2, 0.25) is 0 Å². The standard InChI is InChI=1S/6BrH.La.Tb/h6*1H;;/q;;;;;;2*+3/p-6. The Balaban J connectivity index is 0. The molecule has 0 fully saturated rings. The third-order valence-electron chi connectivity index (χ3n) is 0. The van der Waals surface area contributed by atoms with Crippen molar-refractivity contribution in [2.75, 3.05) is 0 Å². The maximum absolute atomic E-state index is 0. The van der Waals surface area contributed by atoms with Gasteiger partial charge in [0.05, 0.1) is 0 Å². The second-order valence-corrected chi connectivity index (χ2v) is 0. The van der Waals surface area contributed by atoms with Gasteiger partial charge in [0.25, 0.3) is 0 Å². The maximum Gasteiger partial charge on any atom is 3.00 e. The van der Waals surface area contributed by atoms with Crippen LogP contribution < -0.4 is 102 Å². The predicted molar refractivity (Wildman–Crippen MR) is 0 cm³/mol. The van der Waals surface area contributed by atoms with Gasteiger partial charge < -0.3 is 102 Å². The molecule has 0 spiro atoms. The van der Waals surface area contributed by atoms with Gasteiger partial charge in [0.15, 0.2) is 0 Å². The Morgan fingerprint density at radius 2 is 0.375 bits per heavy atom. The van der Waals surface area contributed by atoms with E-state index in [0.29, 0.717) is 0 Å². The molecule has 0 radical (unpaired) electrons. The fourth-order valence-electron chi connectivity index (χ4n) is 0. The van der Waals surface area contributed by atoms with Crippen molar-refractivity contribution in [3.63, 3.8) is 0 Å². The zero-order valence-corrected chi connectivity index (χ0v) is 18.5. The fraction of sp³-hybridized carbons (Fsp3) is 0. The van der Waals surface area contributed by atoms with Crippen molar-refractivity contribution in [2.45, 2.75) is 0 Å². The summed E-state index contributed by atoms with van der Waals surface area (Å²) in [6, 6.07) is 0. The van der Waals surface area contributed by atoms with Crippen molar-refractivity contribution >= 4 is 0 Å². The maximum atomic E-state index is 0. The first-order valence-electron chi connectivity index (χ1n) is 0. The summed E-state index contributed by atoms with van der Waals surface area (Å²) in [4.78, 5) is 0. The van der Waals surface area contributed by atoms with E-state index in [9.17, 15) is 0 Å². The zero-order chi connectivity index (χ0) is 0. The molecule has 0 bridgehead atoms. The summed E-state index contributed by atoms with van der Waals surface area (Å²) in [7, 11) is 0. The molecule has 0 aromatic heterocycles. The quantitative estimate of drug-likeness (QED) is 0.230. The minimum atomic E-state index is 0. The van der Waals surface area contributed by atoms with Gasteiger partial charge in [0, 0.05) is 0 Å². The van der Waals surface area contributed by atoms with Crippen LogP contribution >= 0.6 is 0 Å². The molecular formula is Br6LaTb. The predicted octanol–water partition coefficient (Wildman–Crippen LogP) is -18.0. The van der Waals surface area contributed by atoms with Gasteiger partial charge in [-0.3, -0.25) is 0 Å². The molecule has 0 aliphatic carbocycles. The van der Waals surface area contributed by atoms with Crippen LogP contribution in [0.1, 0.15) is 0 Å². The smallest absolute Gasteiger partial charge is 1.00 e. The Morgan fingerprint density at radius 3 is 0.375 bits per heavy atom. The summed E-state index contributed by atoms with van der Waals surface area (Å²) >= 11 is 0. The van der Waals surface area contributed by atoms with Crippen LogP contribution in [0.4, 0.5) is 0 Å². The van der Waals surface area contributed by atoms with Crippen LogP contribution in [0, 0.1) is 74.2 Å². The monoisotopic (exact) mass is 771 g/mol. The van der Waals surface area contributed by atoms with Gasteiger partial charge in [-0.1, -0.05) is 0 Å². The summed E-state index contributed by atoms with van der Waals surface area (Å²) < 4.78 is 0. The van der Waals surface area contributed by atoms with E-state index >= 15 is 0 Å². The molecular weight excluding hydrogens is 777 g/mol. The second-order valence-electron chi connectivity index (χ2n) is 0. The minimum absolute atomic E-state index is 0. The Kier molecular flexibility index (Phi) is 493. The Labute approximate surface area is 171 Å². The Morgan fingerprint density at radius 1 is 0.375 bits per heavy atom. The Bertz CT molecular complexity index is 8.49. The molecule has 8 heteroatoms. The van der Waals surface area contributed by atoms with Gasteiger partial charge in [-0.2, -0.15) is 0 Å². The number of hydrogen-bond donors (Lipinski definition) is 0. The average molecular weight is 777 g/mol. The first kappa shape index (κ1) is 71.0. The van der Waals surface area contributed by atoms with E-state index in [2.05, 4.69) is 0 Å². The summed E-state index contributed by atoms with van der Waals surface area (Å²) in [6.45, 7) is 0. The van der Waals surface area contributed by atoms with Crippen LogP contribution in [0.25, 0.3) is 0 Å². The van der Waals surface area contributed by atoms with E-state index in [-0.39, 0.29) is 176 Å². The molecule has 0 N–H and O–H groups in total. The topological polar surface area (TPSA) is 0 Å². The molecule has 8 heavy (non-hydrogen) atoms. The number of hydrogen-bond acceptors (Lipinski definition) is 0. The van der Waals surface area contributed by atoms with Crippen molar-refractivity contribution in [1.29, 1.82) is 0 Å². The molecule has 0 amide bonds. The summed E-state index contributed by atoms with van der Waals surface area (Å²) in [5.41, 5.74) is 0. The third kappa shape index (κ3) is 42.4. The van der Waals surface area contributed by atoms with Gasteiger partial charge in [-0.15, -0.1) is 0 Å². The van der Waals surface area contributed by atoms with Crippen LogP contribution in [-0.4, -0.2) is 0 Å². The molecule has 0 saturated heterocycles. The van der Waals surface area contributed by atoms with Gasteiger partial charge in [0.1, 0.15) is 0 Å². The molecule has 0 aromatic rings. The van der Waals surface area contributed by atoms with Crippen molar-refractivity contribution in [1.82, 2.24) is 0 Å². The average Bonchev–Trinajstić information content (AvgIpc) is 0. The molecule has 0 saturated carbocycles. The molecule has 0 nitrogen and oxygen atoms in total. The summed E-state index contributed by atoms with van der Waals surface area (Å²) in [6.07, 6.45) is 0. The third-order valence-corrected chi connectivity index (χ3v) is 0. The largest absolute Gasteiger partial charge is 3.00 e. The zero-order valence-electron chi connectivity index (χ0n) is 3.18. The van der Waals surface area contributed by atoms with Crippen molar-refractivity contribution in [3.05, 3.63) is 0 Å². The first-order valence-corrected chi connectivity index (χ1v) is 0. The molecule has 54 valence electrons. The van der Waals surface area contributed by atoms with Crippen molar-refractivity contribution < 1.29 is 176 Å². The van der Waals surface area contributed by atoms with Crippen molar-refractivity contribution in [2.24, 2.45) is 0 Å². The van der Waals surface area contributed by atoms with Crippen LogP contribution in [0.15, 0.2) is 0 Å². The van der Waals surface area contributed by atoms with Gasteiger partial charge in [-0.25, -0.2) is 0 Å². The molecule has 0 heterocycles. The molecule has 0 aliphatic rings. The van der Waals surface area contributed by atoms with Crippen LogP contribution in [0.5, 0.6) is 0 Å². The van der Waals surface area contributed by atoms with Crippen LogP contribution in [-0.2, 0) is 0 Å². The van der Waals surface area contributed by atoms with E-state index in [1.54, 1.807) is 0 Å². The number of rotatable bonds is 0. The van der Waals surface area contributed by atoms with E-state index < -0.39 is 0 Å². The normalized spacial score (nSPS) is 0. The molecule has 0 aromatic carbocycles. The minimum Gasteiger partial charge on any atom is -1.00 e. The van der Waals surface area contributed by atoms with E-state index in [1.165, 1.54) is 0 Å². The van der Waals surface area contributed by atoms with Crippen LogP contribution in [0.2, 0.25) is 0 Å².